The maximum Gasteiger partial charge on any atom is 0.328 e. The van der Waals surface area contributed by atoms with Crippen molar-refractivity contribution in [3.05, 3.63) is 0 Å². The van der Waals surface area contributed by atoms with Crippen LogP contribution in [0.5, 0.6) is 0 Å². The Morgan fingerprint density at radius 1 is 0.700 bits per heavy atom. The van der Waals surface area contributed by atoms with Crippen molar-refractivity contribution < 1.29 is 39.6 Å². The van der Waals surface area contributed by atoms with Crippen LogP contribution in [0.2, 0.25) is 0 Å². The summed E-state index contributed by atoms with van der Waals surface area (Å²) in [4.78, 5) is 48.2. The fourth-order valence-corrected chi connectivity index (χ4v) is 2.56. The minimum atomic E-state index is -1.67. The van der Waals surface area contributed by atoms with E-state index in [1.165, 1.54) is 13.8 Å². The van der Waals surface area contributed by atoms with Gasteiger partial charge < -0.3 is 42.1 Å². The highest BCUT2D eigenvalue weighted by molar-refractivity contribution is 5.94. The maximum atomic E-state index is 12.6. The van der Waals surface area contributed by atoms with Crippen molar-refractivity contribution in [3.8, 4) is 0 Å². The molecule has 12 heteroatoms. The molecule has 0 aromatic heterocycles. The predicted octanol–water partition coefficient (Wildman–Crippen LogP) is -2.96. The molecule has 0 radical (unpaired) electrons. The molecule has 0 aliphatic carbocycles. The lowest BCUT2D eigenvalue weighted by atomic mass is 10.0. The van der Waals surface area contributed by atoms with Gasteiger partial charge in [-0.25, -0.2) is 4.79 Å². The topological polar surface area (TPSA) is 211 Å². The van der Waals surface area contributed by atoms with E-state index in [-0.39, 0.29) is 5.92 Å². The van der Waals surface area contributed by atoms with Crippen molar-refractivity contribution in [2.24, 2.45) is 11.7 Å². The first kappa shape index (κ1) is 27.7. The van der Waals surface area contributed by atoms with Gasteiger partial charge in [0.1, 0.15) is 12.1 Å². The van der Waals surface area contributed by atoms with Crippen molar-refractivity contribution in [3.63, 3.8) is 0 Å². The van der Waals surface area contributed by atoms with Gasteiger partial charge in [0.15, 0.2) is 6.04 Å². The van der Waals surface area contributed by atoms with Crippen LogP contribution in [0, 0.1) is 5.92 Å². The number of aliphatic hydroxyl groups excluding tert-OH is 3. The predicted molar refractivity (Wildman–Crippen MR) is 106 cm³/mol. The molecule has 9 N–H and O–H groups in total. The Kier molecular flexibility index (Phi) is 11.5. The van der Waals surface area contributed by atoms with Gasteiger partial charge in [0, 0.05) is 0 Å². The second kappa shape index (κ2) is 12.4. The number of carboxylic acids is 1. The lowest BCUT2D eigenvalue weighted by Gasteiger charge is -2.28. The zero-order valence-corrected chi connectivity index (χ0v) is 17.8. The van der Waals surface area contributed by atoms with E-state index in [0.29, 0.717) is 6.42 Å². The van der Waals surface area contributed by atoms with Gasteiger partial charge in [-0.15, -0.1) is 0 Å². The van der Waals surface area contributed by atoms with E-state index < -0.39 is 66.2 Å². The standard InChI is InChI=1S/C18H34N4O8/c1-7(2)6-11(19)15(26)20-12(8(3)23)16(27)21-13(9(4)24)17(28)22-14(10(5)25)18(29)30/h7-14,23-25H,6,19H2,1-5H3,(H,20,26)(H,21,27)(H,22,28)(H,29,30)/t8-,9-,10-,11+,12+,13+,14+/m1/s1. The zero-order valence-electron chi connectivity index (χ0n) is 17.8. The quantitative estimate of drug-likeness (QED) is 0.157. The van der Waals surface area contributed by atoms with Gasteiger partial charge in [-0.05, 0) is 33.1 Å². The largest absolute Gasteiger partial charge is 0.480 e. The third kappa shape index (κ3) is 9.03. The van der Waals surface area contributed by atoms with Crippen LogP contribution in [0.25, 0.3) is 0 Å². The fraction of sp³-hybridized carbons (Fsp3) is 0.778. The van der Waals surface area contributed by atoms with Gasteiger partial charge in [0.25, 0.3) is 0 Å². The number of nitrogens with one attached hydrogen (secondary N) is 3. The van der Waals surface area contributed by atoms with Crippen molar-refractivity contribution in [2.75, 3.05) is 0 Å². The van der Waals surface area contributed by atoms with Gasteiger partial charge in [-0.1, -0.05) is 13.8 Å². The average Bonchev–Trinajstić information content (AvgIpc) is 2.59. The van der Waals surface area contributed by atoms with Crippen LogP contribution in [0.1, 0.15) is 41.0 Å². The maximum absolute atomic E-state index is 12.6. The van der Waals surface area contributed by atoms with Crippen molar-refractivity contribution in [1.82, 2.24) is 16.0 Å². The number of hydrogen-bond donors (Lipinski definition) is 8. The third-order valence-corrected chi connectivity index (χ3v) is 4.23. The lowest BCUT2D eigenvalue weighted by molar-refractivity contribution is -0.146. The molecule has 0 saturated carbocycles. The average molecular weight is 434 g/mol. The number of rotatable bonds is 12. The number of hydrogen-bond acceptors (Lipinski definition) is 8. The molecule has 0 unspecified atom stereocenters. The SMILES string of the molecule is CC(C)C[C@H](N)C(=O)N[C@H](C(=O)N[C@H](C(=O)N[C@H](C(=O)O)[C@@H](C)O)[C@@H](C)O)[C@@H](C)O. The number of nitrogens with two attached hydrogens (primary N) is 1. The highest BCUT2D eigenvalue weighted by atomic mass is 16.4. The Morgan fingerprint density at radius 3 is 1.33 bits per heavy atom. The van der Waals surface area contributed by atoms with Gasteiger partial charge in [0.05, 0.1) is 24.4 Å². The van der Waals surface area contributed by atoms with Crippen LogP contribution < -0.4 is 21.7 Å². The van der Waals surface area contributed by atoms with Crippen LogP contribution in [0.4, 0.5) is 0 Å². The van der Waals surface area contributed by atoms with Crippen LogP contribution in [0.3, 0.4) is 0 Å². The summed E-state index contributed by atoms with van der Waals surface area (Å²) < 4.78 is 0. The first-order chi connectivity index (χ1) is 13.7. The Labute approximate surface area is 175 Å². The van der Waals surface area contributed by atoms with Gasteiger partial charge in [-0.2, -0.15) is 0 Å². The number of carboxylic acid groups (broad SMARTS) is 1. The summed E-state index contributed by atoms with van der Waals surface area (Å²) in [5.41, 5.74) is 5.77. The number of aliphatic carboxylic acids is 1. The Balaban J connectivity index is 5.34. The molecule has 0 aromatic rings. The lowest BCUT2D eigenvalue weighted by Crippen LogP contribution is -2.62. The van der Waals surface area contributed by atoms with Crippen molar-refractivity contribution >= 4 is 23.7 Å². The summed E-state index contributed by atoms with van der Waals surface area (Å²) in [5, 5.41) is 44.8. The third-order valence-electron chi connectivity index (χ3n) is 4.23. The minimum absolute atomic E-state index is 0.115. The van der Waals surface area contributed by atoms with Crippen molar-refractivity contribution in [2.45, 2.75) is 83.5 Å². The Morgan fingerprint density at radius 2 is 1.03 bits per heavy atom. The molecule has 0 aliphatic heterocycles. The highest BCUT2D eigenvalue weighted by Crippen LogP contribution is 2.05. The van der Waals surface area contributed by atoms with Crippen LogP contribution in [-0.4, -0.2) is 86.6 Å². The Hall–Kier alpha value is -2.28. The van der Waals surface area contributed by atoms with E-state index in [2.05, 4.69) is 10.6 Å². The first-order valence-corrected chi connectivity index (χ1v) is 9.62. The summed E-state index contributed by atoms with van der Waals surface area (Å²) in [7, 11) is 0. The number of carbonyl (C=O) groups is 4. The van der Waals surface area contributed by atoms with E-state index in [1.54, 1.807) is 0 Å². The Bertz CT molecular complexity index is 609. The molecule has 0 fully saturated rings. The molecule has 0 spiro atoms. The number of carbonyl (C=O) groups excluding carboxylic acids is 3. The summed E-state index contributed by atoms with van der Waals surface area (Å²) in [5.74, 6) is -4.13. The monoisotopic (exact) mass is 434 g/mol. The molecule has 3 amide bonds. The van der Waals surface area contributed by atoms with Gasteiger partial charge in [-0.3, -0.25) is 14.4 Å². The van der Waals surface area contributed by atoms with E-state index in [9.17, 15) is 34.5 Å². The molecule has 0 aromatic carbocycles. The summed E-state index contributed by atoms with van der Waals surface area (Å²) in [6.07, 6.45) is -3.91. The summed E-state index contributed by atoms with van der Waals surface area (Å²) in [6.45, 7) is 7.28. The minimum Gasteiger partial charge on any atom is -0.480 e. The molecular formula is C18H34N4O8. The normalized spacial score (nSPS) is 18.3. The van der Waals surface area contributed by atoms with E-state index in [4.69, 9.17) is 10.8 Å². The van der Waals surface area contributed by atoms with Crippen LogP contribution >= 0.6 is 0 Å². The molecule has 7 atom stereocenters. The molecule has 174 valence electrons. The first-order valence-electron chi connectivity index (χ1n) is 9.62. The summed E-state index contributed by atoms with van der Waals surface area (Å²) >= 11 is 0. The molecule has 12 nitrogen and oxygen atoms in total. The second-order valence-electron chi connectivity index (χ2n) is 7.75. The molecule has 30 heavy (non-hydrogen) atoms. The molecule has 0 aliphatic rings. The number of aliphatic hydroxyl groups is 3. The fourth-order valence-electron chi connectivity index (χ4n) is 2.56. The number of amides is 3. The molecule has 0 bridgehead atoms. The molecule has 0 saturated heterocycles. The van der Waals surface area contributed by atoms with E-state index >= 15 is 0 Å². The van der Waals surface area contributed by atoms with Crippen LogP contribution in [0.15, 0.2) is 0 Å². The second-order valence-corrected chi connectivity index (χ2v) is 7.75. The van der Waals surface area contributed by atoms with Crippen molar-refractivity contribution in [1.29, 1.82) is 0 Å². The molecule has 0 heterocycles. The molecule has 0 rings (SSSR count). The smallest absolute Gasteiger partial charge is 0.328 e. The van der Waals surface area contributed by atoms with Gasteiger partial charge in [0.2, 0.25) is 17.7 Å². The highest BCUT2D eigenvalue weighted by Gasteiger charge is 2.35. The van der Waals surface area contributed by atoms with Gasteiger partial charge >= 0.3 is 5.97 Å². The van der Waals surface area contributed by atoms with E-state index in [0.717, 1.165) is 6.92 Å². The molecular weight excluding hydrogens is 400 g/mol. The zero-order chi connectivity index (χ0) is 23.8. The van der Waals surface area contributed by atoms with E-state index in [1.807, 2.05) is 19.2 Å². The summed E-state index contributed by atoms with van der Waals surface area (Å²) in [6, 6.07) is -5.67. The van der Waals surface area contributed by atoms with Crippen LogP contribution in [-0.2, 0) is 19.2 Å².